The maximum absolute atomic E-state index is 9.50. The molecular formula is CH3FLi2O3. The van der Waals surface area contributed by atoms with Crippen LogP contribution in [-0.2, 0) is 0 Å². The average Bonchev–Trinajstić information content (AvgIpc) is 1.41. The number of hydrogen-bond acceptors (Lipinski definition) is 1. The molecule has 0 aromatic heterocycles. The van der Waals surface area contributed by atoms with Gasteiger partial charge in [0.05, 0.1) is 0 Å². The third kappa shape index (κ3) is 792. The Morgan fingerprint density at radius 3 is 1.43 bits per heavy atom. The van der Waals surface area contributed by atoms with Gasteiger partial charge >= 0.3 is 46.6 Å². The van der Waals surface area contributed by atoms with Crippen LogP contribution in [0.25, 0.3) is 0 Å². The fourth-order valence-corrected chi connectivity index (χ4v) is 0. The summed E-state index contributed by atoms with van der Waals surface area (Å²) < 4.78 is 9.50. The first-order chi connectivity index (χ1) is 2.73. The van der Waals surface area contributed by atoms with Crippen LogP contribution in [-0.4, -0.2) is 53.4 Å². The Labute approximate surface area is 61.8 Å². The third-order valence-electron chi connectivity index (χ3n) is 0. The minimum absolute atomic E-state index is 0. The zero-order valence-corrected chi connectivity index (χ0v) is 3.18. The Hall–Kier alpha value is 0.395. The normalized spacial score (nSPS) is 4.43. The predicted octanol–water partition coefficient (Wildman–Crippen LogP) is -0.387. The molecule has 0 aliphatic carbocycles. The Kier molecular flexibility index (Phi) is 36.1. The molecule has 2 N–H and O–H groups in total. The molecule has 0 fully saturated rings. The molecule has 0 spiro atoms. The SMILES string of the molecule is O=C(O)O.[LiH].[Li][F]. The summed E-state index contributed by atoms with van der Waals surface area (Å²) in [5.74, 6) is 0. The van der Waals surface area contributed by atoms with Crippen molar-refractivity contribution in [3.8, 4) is 0 Å². The van der Waals surface area contributed by atoms with Crippen molar-refractivity contribution < 1.29 is 18.4 Å². The second-order valence-electron chi connectivity index (χ2n) is 0.283. The van der Waals surface area contributed by atoms with Crippen molar-refractivity contribution >= 4 is 43.2 Å². The van der Waals surface area contributed by atoms with E-state index in [0.717, 1.165) is 0 Å². The first-order valence-electron chi connectivity index (χ1n) is 1.03. The summed E-state index contributed by atoms with van der Waals surface area (Å²) in [6.07, 6.45) is -1.83. The van der Waals surface area contributed by atoms with Gasteiger partial charge in [0.1, 0.15) is 0 Å². The van der Waals surface area contributed by atoms with E-state index in [2.05, 4.69) is 0 Å². The van der Waals surface area contributed by atoms with Crippen molar-refractivity contribution in [2.75, 3.05) is 0 Å². The fraction of sp³-hybridized carbons (Fsp3) is 0. The summed E-state index contributed by atoms with van der Waals surface area (Å²) in [5.41, 5.74) is 0. The minimum atomic E-state index is -1.83. The quantitative estimate of drug-likeness (QED) is 0.404. The first-order valence-corrected chi connectivity index (χ1v) is 1.03. The van der Waals surface area contributed by atoms with E-state index in [1.54, 1.807) is 0 Å². The summed E-state index contributed by atoms with van der Waals surface area (Å²) in [5, 5.41) is 13.9. The van der Waals surface area contributed by atoms with Gasteiger partial charge in [-0.25, -0.2) is 4.79 Å². The molecule has 0 unspecified atom stereocenters. The van der Waals surface area contributed by atoms with E-state index in [-0.39, 0.29) is 18.9 Å². The molecular weight excluding hydrogens is 92.9 g/mol. The van der Waals surface area contributed by atoms with Crippen molar-refractivity contribution in [1.29, 1.82) is 0 Å². The molecule has 0 bridgehead atoms. The van der Waals surface area contributed by atoms with E-state index in [0.29, 0.717) is 18.2 Å². The molecule has 0 saturated heterocycles. The predicted molar refractivity (Wildman–Crippen MR) is 24.7 cm³/mol. The molecule has 0 aliphatic rings. The van der Waals surface area contributed by atoms with E-state index in [9.17, 15) is 3.38 Å². The van der Waals surface area contributed by atoms with E-state index in [4.69, 9.17) is 15.0 Å². The second kappa shape index (κ2) is 16.1. The number of carbonyl (C=O) groups is 1. The molecule has 6 heteroatoms. The zero-order valence-electron chi connectivity index (χ0n) is 3.18. The van der Waals surface area contributed by atoms with Crippen LogP contribution < -0.4 is 0 Å². The molecule has 0 aromatic rings. The standard InChI is InChI=1S/CH2O3.FH.2Li.H/c2-1(3)4;;;;/h(H2,2,3,4);1H;;;/q;;;+1;/p-1. The molecule has 0 aromatic carbocycles. The van der Waals surface area contributed by atoms with Gasteiger partial charge in [-0.1, -0.05) is 0 Å². The van der Waals surface area contributed by atoms with Crippen LogP contribution in [0.2, 0.25) is 0 Å². The first kappa shape index (κ1) is 15.7. The van der Waals surface area contributed by atoms with Crippen molar-refractivity contribution in [2.45, 2.75) is 0 Å². The Bertz CT molecular complexity index is 35.9. The summed E-state index contributed by atoms with van der Waals surface area (Å²) >= 11 is 0.500. The Balaban J connectivity index is -0.0000000480. The molecule has 0 heterocycles. The van der Waals surface area contributed by atoms with E-state index >= 15 is 0 Å². The van der Waals surface area contributed by atoms with Gasteiger partial charge in [0, 0.05) is 0 Å². The number of rotatable bonds is 0. The summed E-state index contributed by atoms with van der Waals surface area (Å²) in [6.45, 7) is 0. The molecule has 0 amide bonds. The van der Waals surface area contributed by atoms with E-state index < -0.39 is 6.16 Å². The topological polar surface area (TPSA) is 57.5 Å². The van der Waals surface area contributed by atoms with Crippen LogP contribution in [0.4, 0.5) is 8.17 Å². The average molecular weight is 95.9 g/mol. The third-order valence-corrected chi connectivity index (χ3v) is 0. The van der Waals surface area contributed by atoms with Crippen LogP contribution >= 0.6 is 0 Å². The van der Waals surface area contributed by atoms with Crippen molar-refractivity contribution in [3.05, 3.63) is 0 Å². The number of halogens is 1. The van der Waals surface area contributed by atoms with Gasteiger partial charge in [-0.2, -0.15) is 0 Å². The van der Waals surface area contributed by atoms with Crippen molar-refractivity contribution in [3.63, 3.8) is 0 Å². The van der Waals surface area contributed by atoms with Crippen molar-refractivity contribution in [2.24, 2.45) is 0 Å². The van der Waals surface area contributed by atoms with Crippen LogP contribution in [0, 0.1) is 0 Å². The molecule has 0 atom stereocenters. The number of carboxylic acid groups (broad SMARTS) is 2. The van der Waals surface area contributed by atoms with Gasteiger partial charge in [0.15, 0.2) is 0 Å². The van der Waals surface area contributed by atoms with Crippen LogP contribution in [0.5, 0.6) is 0 Å². The molecule has 0 radical (unpaired) electrons. The van der Waals surface area contributed by atoms with Crippen LogP contribution in [0.15, 0.2) is 0 Å². The Morgan fingerprint density at radius 2 is 1.43 bits per heavy atom. The van der Waals surface area contributed by atoms with Crippen LogP contribution in [0.3, 0.4) is 0 Å². The van der Waals surface area contributed by atoms with Gasteiger partial charge in [0.2, 0.25) is 0 Å². The van der Waals surface area contributed by atoms with Crippen molar-refractivity contribution in [1.82, 2.24) is 0 Å². The maximum atomic E-state index is 9.50. The molecule has 3 nitrogen and oxygen atoms in total. The fourth-order valence-electron chi connectivity index (χ4n) is 0. The van der Waals surface area contributed by atoms with Gasteiger partial charge in [-0.05, 0) is 0 Å². The van der Waals surface area contributed by atoms with Gasteiger partial charge in [-0.15, -0.1) is 0 Å². The molecule has 0 rings (SSSR count). The van der Waals surface area contributed by atoms with E-state index in [1.165, 1.54) is 0 Å². The van der Waals surface area contributed by atoms with Gasteiger partial charge < -0.3 is 10.2 Å². The summed E-state index contributed by atoms with van der Waals surface area (Å²) in [7, 11) is 0. The van der Waals surface area contributed by atoms with Gasteiger partial charge in [-0.3, -0.25) is 0 Å². The second-order valence-corrected chi connectivity index (χ2v) is 0.283. The molecule has 0 saturated carbocycles. The van der Waals surface area contributed by atoms with E-state index in [1.807, 2.05) is 0 Å². The zero-order chi connectivity index (χ0) is 5.58. The number of hydrogen-bond donors (Lipinski definition) is 2. The molecule has 0 aliphatic heterocycles. The monoisotopic (exact) mass is 96.0 g/mol. The van der Waals surface area contributed by atoms with Gasteiger partial charge in [0.25, 0.3) is 0 Å². The van der Waals surface area contributed by atoms with Crippen LogP contribution in [0.1, 0.15) is 0 Å². The molecule has 7 heavy (non-hydrogen) atoms. The summed E-state index contributed by atoms with van der Waals surface area (Å²) in [4.78, 5) is 8.56. The molecule has 34 valence electrons. The Morgan fingerprint density at radius 1 is 1.43 bits per heavy atom. The summed E-state index contributed by atoms with van der Waals surface area (Å²) in [6, 6.07) is 0.